The summed E-state index contributed by atoms with van der Waals surface area (Å²) in [5.74, 6) is 1.32. The molecule has 0 aliphatic carbocycles. The highest BCUT2D eigenvalue weighted by Crippen LogP contribution is 2.25. The molecular weight excluding hydrogens is 340 g/mol. The number of nitrogens with one attached hydrogen (secondary N) is 1. The minimum absolute atomic E-state index is 0.0417. The van der Waals surface area contributed by atoms with E-state index in [0.29, 0.717) is 19.0 Å². The van der Waals surface area contributed by atoms with Crippen LogP contribution in [-0.2, 0) is 29.6 Å². The number of aromatic nitrogens is 2. The second-order valence-electron chi connectivity index (χ2n) is 7.51. The number of benzene rings is 1. The second-order valence-corrected chi connectivity index (χ2v) is 7.51. The zero-order chi connectivity index (χ0) is 19.6. The molecule has 2 amide bonds. The predicted molar refractivity (Wildman–Crippen MR) is 104 cm³/mol. The van der Waals surface area contributed by atoms with Crippen molar-refractivity contribution < 1.29 is 9.59 Å². The minimum Gasteiger partial charge on any atom is -0.349 e. The highest BCUT2D eigenvalue weighted by molar-refractivity contribution is 5.79. The van der Waals surface area contributed by atoms with Crippen molar-refractivity contribution >= 4 is 11.8 Å². The molecule has 1 atom stereocenters. The Morgan fingerprint density at radius 1 is 1.22 bits per heavy atom. The molecule has 144 valence electrons. The third kappa shape index (κ3) is 4.21. The van der Waals surface area contributed by atoms with Gasteiger partial charge in [0, 0.05) is 38.5 Å². The molecule has 2 heterocycles. The Kier molecular flexibility index (Phi) is 5.63. The molecule has 1 aliphatic rings. The molecule has 1 aromatic heterocycles. The first kappa shape index (κ1) is 19.1. The summed E-state index contributed by atoms with van der Waals surface area (Å²) >= 11 is 0. The van der Waals surface area contributed by atoms with E-state index in [1.165, 1.54) is 12.6 Å². The highest BCUT2D eigenvalue weighted by atomic mass is 16.2. The summed E-state index contributed by atoms with van der Waals surface area (Å²) in [7, 11) is 2.06. The topological polar surface area (TPSA) is 67.2 Å². The molecular formula is C21H28N4O2. The van der Waals surface area contributed by atoms with E-state index in [4.69, 9.17) is 4.98 Å². The molecule has 27 heavy (non-hydrogen) atoms. The number of amides is 2. The number of carbonyl (C=O) groups excluding carboxylic acids is 2. The molecule has 1 N–H and O–H groups in total. The van der Waals surface area contributed by atoms with Gasteiger partial charge in [0.2, 0.25) is 11.8 Å². The average molecular weight is 368 g/mol. The minimum atomic E-state index is -0.312. The average Bonchev–Trinajstić information content (AvgIpc) is 2.98. The van der Waals surface area contributed by atoms with E-state index in [-0.39, 0.29) is 24.3 Å². The predicted octanol–water partition coefficient (Wildman–Crippen LogP) is 2.70. The number of rotatable bonds is 5. The second kappa shape index (κ2) is 7.94. The van der Waals surface area contributed by atoms with E-state index in [0.717, 1.165) is 23.5 Å². The summed E-state index contributed by atoms with van der Waals surface area (Å²) in [6.45, 7) is 6.97. The van der Waals surface area contributed by atoms with Gasteiger partial charge in [-0.05, 0) is 5.56 Å². The fourth-order valence-corrected chi connectivity index (χ4v) is 3.76. The monoisotopic (exact) mass is 368 g/mol. The van der Waals surface area contributed by atoms with Crippen LogP contribution in [0.25, 0.3) is 0 Å². The first-order chi connectivity index (χ1) is 12.9. The quantitative estimate of drug-likeness (QED) is 0.882. The van der Waals surface area contributed by atoms with Crippen molar-refractivity contribution in [3.63, 3.8) is 0 Å². The van der Waals surface area contributed by atoms with Crippen molar-refractivity contribution in [1.29, 1.82) is 0 Å². The Morgan fingerprint density at radius 3 is 2.56 bits per heavy atom. The van der Waals surface area contributed by atoms with E-state index < -0.39 is 0 Å². The molecule has 2 aromatic rings. The van der Waals surface area contributed by atoms with Crippen LogP contribution in [0, 0.1) is 0 Å². The number of hydrogen-bond acceptors (Lipinski definition) is 3. The molecule has 0 bridgehead atoms. The van der Waals surface area contributed by atoms with Crippen LogP contribution in [0.2, 0.25) is 0 Å². The van der Waals surface area contributed by atoms with Crippen molar-refractivity contribution in [3.05, 3.63) is 53.1 Å². The third-order valence-electron chi connectivity index (χ3n) is 5.12. The lowest BCUT2D eigenvalue weighted by Crippen LogP contribution is -2.39. The molecule has 6 nitrogen and oxygen atoms in total. The van der Waals surface area contributed by atoms with E-state index >= 15 is 0 Å². The van der Waals surface area contributed by atoms with Gasteiger partial charge >= 0.3 is 0 Å². The molecule has 1 aromatic carbocycles. The van der Waals surface area contributed by atoms with Gasteiger partial charge in [-0.1, -0.05) is 44.2 Å². The highest BCUT2D eigenvalue weighted by Gasteiger charge is 2.28. The Morgan fingerprint density at radius 2 is 1.93 bits per heavy atom. The first-order valence-corrected chi connectivity index (χ1v) is 9.51. The van der Waals surface area contributed by atoms with Crippen LogP contribution in [0.15, 0.2) is 30.3 Å². The van der Waals surface area contributed by atoms with Crippen LogP contribution < -0.4 is 5.32 Å². The van der Waals surface area contributed by atoms with Crippen LogP contribution >= 0.6 is 0 Å². The summed E-state index contributed by atoms with van der Waals surface area (Å²) < 4.78 is 2.17. The fraction of sp³-hybridized carbons (Fsp3) is 0.476. The standard InChI is InChI=1S/C21H28N4O2/c1-14(2)21-23-18-13-25(11-10-19(18)24(21)4)20(27)12-17(22-15(3)26)16-8-6-5-7-9-16/h5-9,14,17H,10-13H2,1-4H3,(H,22,26). The normalized spacial score (nSPS) is 14.8. The van der Waals surface area contributed by atoms with Crippen LogP contribution in [0.4, 0.5) is 0 Å². The Balaban J connectivity index is 1.74. The molecule has 0 radical (unpaired) electrons. The number of nitrogens with zero attached hydrogens (tertiary/aromatic N) is 3. The van der Waals surface area contributed by atoms with E-state index in [1.807, 2.05) is 35.2 Å². The SMILES string of the molecule is CC(=O)NC(CC(=O)N1CCc2c(nc(C(C)C)n2C)C1)c1ccccc1. The summed E-state index contributed by atoms with van der Waals surface area (Å²) in [5, 5.41) is 2.91. The van der Waals surface area contributed by atoms with E-state index in [2.05, 4.69) is 30.8 Å². The Bertz CT molecular complexity index is 826. The van der Waals surface area contributed by atoms with Gasteiger partial charge in [-0.2, -0.15) is 0 Å². The smallest absolute Gasteiger partial charge is 0.225 e. The maximum absolute atomic E-state index is 12.9. The Labute approximate surface area is 160 Å². The van der Waals surface area contributed by atoms with Gasteiger partial charge in [-0.15, -0.1) is 0 Å². The van der Waals surface area contributed by atoms with Crippen LogP contribution in [-0.4, -0.2) is 32.8 Å². The van der Waals surface area contributed by atoms with Crippen molar-refractivity contribution in [2.75, 3.05) is 6.54 Å². The van der Waals surface area contributed by atoms with Gasteiger partial charge in [0.15, 0.2) is 0 Å². The first-order valence-electron chi connectivity index (χ1n) is 9.51. The number of hydrogen-bond donors (Lipinski definition) is 1. The zero-order valence-electron chi connectivity index (χ0n) is 16.5. The molecule has 1 aliphatic heterocycles. The van der Waals surface area contributed by atoms with Gasteiger partial charge in [0.1, 0.15) is 5.82 Å². The maximum Gasteiger partial charge on any atom is 0.225 e. The lowest BCUT2D eigenvalue weighted by molar-refractivity contribution is -0.133. The number of imidazole rings is 1. The lowest BCUT2D eigenvalue weighted by Gasteiger charge is -2.29. The van der Waals surface area contributed by atoms with Crippen molar-refractivity contribution in [2.24, 2.45) is 7.05 Å². The summed E-state index contributed by atoms with van der Waals surface area (Å²) in [6.07, 6.45) is 1.07. The molecule has 6 heteroatoms. The molecule has 0 saturated carbocycles. The van der Waals surface area contributed by atoms with Gasteiger partial charge in [0.05, 0.1) is 24.7 Å². The van der Waals surface area contributed by atoms with Crippen LogP contribution in [0.3, 0.4) is 0 Å². The zero-order valence-corrected chi connectivity index (χ0v) is 16.5. The summed E-state index contributed by atoms with van der Waals surface area (Å²) in [6, 6.07) is 9.33. The number of carbonyl (C=O) groups is 2. The molecule has 0 fully saturated rings. The summed E-state index contributed by atoms with van der Waals surface area (Å²) in [4.78, 5) is 31.2. The van der Waals surface area contributed by atoms with Gasteiger partial charge < -0.3 is 14.8 Å². The van der Waals surface area contributed by atoms with E-state index in [1.54, 1.807) is 0 Å². The van der Waals surface area contributed by atoms with Gasteiger partial charge in [0.25, 0.3) is 0 Å². The van der Waals surface area contributed by atoms with Crippen molar-refractivity contribution in [2.45, 2.75) is 52.1 Å². The maximum atomic E-state index is 12.9. The lowest BCUT2D eigenvalue weighted by atomic mass is 10.0. The van der Waals surface area contributed by atoms with Crippen LogP contribution in [0.1, 0.15) is 61.9 Å². The molecule has 0 saturated heterocycles. The van der Waals surface area contributed by atoms with Gasteiger partial charge in [-0.25, -0.2) is 4.98 Å². The molecule has 0 spiro atoms. The molecule has 3 rings (SSSR count). The third-order valence-corrected chi connectivity index (χ3v) is 5.12. The van der Waals surface area contributed by atoms with E-state index in [9.17, 15) is 9.59 Å². The van der Waals surface area contributed by atoms with Crippen molar-refractivity contribution in [3.8, 4) is 0 Å². The van der Waals surface area contributed by atoms with Crippen LogP contribution in [0.5, 0.6) is 0 Å². The Hall–Kier alpha value is -2.63. The van der Waals surface area contributed by atoms with Crippen molar-refractivity contribution in [1.82, 2.24) is 19.8 Å². The molecule has 1 unspecified atom stereocenters. The van der Waals surface area contributed by atoms with Gasteiger partial charge in [-0.3, -0.25) is 9.59 Å². The fourth-order valence-electron chi connectivity index (χ4n) is 3.76. The largest absolute Gasteiger partial charge is 0.349 e. The summed E-state index contributed by atoms with van der Waals surface area (Å²) in [5.41, 5.74) is 3.17. The number of fused-ring (bicyclic) bond motifs is 1.